The number of anilines is 2. The van der Waals surface area contributed by atoms with E-state index in [4.69, 9.17) is 15.2 Å². The summed E-state index contributed by atoms with van der Waals surface area (Å²) in [7, 11) is 0. The van der Waals surface area contributed by atoms with Gasteiger partial charge in [0.15, 0.2) is 11.5 Å². The highest BCUT2D eigenvalue weighted by molar-refractivity contribution is 5.73. The van der Waals surface area contributed by atoms with Crippen LogP contribution in [0.3, 0.4) is 0 Å². The van der Waals surface area contributed by atoms with E-state index in [0.717, 1.165) is 42.4 Å². The molecule has 0 saturated carbocycles. The zero-order chi connectivity index (χ0) is 12.3. The van der Waals surface area contributed by atoms with Crippen LogP contribution in [0, 0.1) is 0 Å². The molecule has 4 heteroatoms. The van der Waals surface area contributed by atoms with Gasteiger partial charge in [0.05, 0.1) is 11.4 Å². The molecule has 2 N–H and O–H groups in total. The van der Waals surface area contributed by atoms with E-state index < -0.39 is 0 Å². The lowest BCUT2D eigenvalue weighted by atomic mass is 10.2. The van der Waals surface area contributed by atoms with Crippen molar-refractivity contribution in [2.75, 3.05) is 36.9 Å². The van der Waals surface area contributed by atoms with Crippen molar-refractivity contribution in [2.24, 2.45) is 0 Å². The molecule has 0 spiro atoms. The molecule has 0 saturated heterocycles. The van der Waals surface area contributed by atoms with E-state index in [0.29, 0.717) is 13.2 Å². The van der Waals surface area contributed by atoms with Crippen LogP contribution >= 0.6 is 0 Å². The van der Waals surface area contributed by atoms with E-state index in [1.165, 1.54) is 0 Å². The lowest BCUT2D eigenvalue weighted by molar-refractivity contribution is 0.172. The van der Waals surface area contributed by atoms with Crippen molar-refractivity contribution in [3.63, 3.8) is 0 Å². The highest BCUT2D eigenvalue weighted by Crippen LogP contribution is 2.38. The molecule has 0 bridgehead atoms. The molecule has 0 fully saturated rings. The second kappa shape index (κ2) is 5.17. The van der Waals surface area contributed by atoms with E-state index in [9.17, 15) is 0 Å². The van der Waals surface area contributed by atoms with Crippen LogP contribution < -0.4 is 20.1 Å². The fraction of sp³-hybridized carbons (Fsp3) is 0.538. The van der Waals surface area contributed by atoms with Crippen molar-refractivity contribution >= 4 is 11.4 Å². The normalized spacial score (nSPS) is 13.5. The quantitative estimate of drug-likeness (QED) is 0.815. The molecule has 1 aliphatic rings. The molecule has 0 aromatic heterocycles. The first-order valence-corrected chi connectivity index (χ1v) is 6.20. The van der Waals surface area contributed by atoms with Gasteiger partial charge in [0.25, 0.3) is 0 Å². The minimum Gasteiger partial charge on any atom is -0.486 e. The van der Waals surface area contributed by atoms with Gasteiger partial charge >= 0.3 is 0 Å². The topological polar surface area (TPSA) is 47.7 Å². The van der Waals surface area contributed by atoms with Crippen molar-refractivity contribution in [1.29, 1.82) is 0 Å². The Morgan fingerprint density at radius 3 is 2.41 bits per heavy atom. The predicted molar refractivity (Wildman–Crippen MR) is 70.0 cm³/mol. The van der Waals surface area contributed by atoms with E-state index in [1.807, 2.05) is 12.1 Å². The van der Waals surface area contributed by atoms with Crippen LogP contribution in [-0.4, -0.2) is 26.3 Å². The van der Waals surface area contributed by atoms with Crippen LogP contribution in [-0.2, 0) is 0 Å². The molecule has 1 aliphatic heterocycles. The molecule has 94 valence electrons. The predicted octanol–water partition coefficient (Wildman–Crippen LogP) is 2.28. The van der Waals surface area contributed by atoms with Gasteiger partial charge in [0, 0.05) is 25.2 Å². The SMILES string of the molecule is CCCN(CC)c1cc2c(cc1N)OCCO2. The zero-order valence-corrected chi connectivity index (χ0v) is 10.5. The van der Waals surface area contributed by atoms with E-state index in [2.05, 4.69) is 18.7 Å². The summed E-state index contributed by atoms with van der Waals surface area (Å²) in [5.41, 5.74) is 7.87. The number of nitrogens with zero attached hydrogens (tertiary/aromatic N) is 1. The summed E-state index contributed by atoms with van der Waals surface area (Å²) in [6, 6.07) is 3.85. The smallest absolute Gasteiger partial charge is 0.163 e. The van der Waals surface area contributed by atoms with Gasteiger partial charge in [-0.05, 0) is 13.3 Å². The van der Waals surface area contributed by atoms with Gasteiger partial charge in [-0.2, -0.15) is 0 Å². The number of ether oxygens (including phenoxy) is 2. The summed E-state index contributed by atoms with van der Waals surface area (Å²) in [5.74, 6) is 1.56. The lowest BCUT2D eigenvalue weighted by Gasteiger charge is -2.27. The summed E-state index contributed by atoms with van der Waals surface area (Å²) >= 11 is 0. The summed E-state index contributed by atoms with van der Waals surface area (Å²) in [5, 5.41) is 0. The maximum atomic E-state index is 6.07. The molecular formula is C13H20N2O2. The fourth-order valence-electron chi connectivity index (χ4n) is 2.09. The molecule has 0 aliphatic carbocycles. The standard InChI is InChI=1S/C13H20N2O2/c1-3-5-15(4-2)11-9-13-12(8-10(11)14)16-6-7-17-13/h8-9H,3-7,14H2,1-2H3. The molecule has 0 atom stereocenters. The number of fused-ring (bicyclic) bond motifs is 1. The number of hydrogen-bond donors (Lipinski definition) is 1. The molecule has 1 aromatic carbocycles. The van der Waals surface area contributed by atoms with Crippen molar-refractivity contribution < 1.29 is 9.47 Å². The Hall–Kier alpha value is -1.58. The molecule has 1 heterocycles. The lowest BCUT2D eigenvalue weighted by Crippen LogP contribution is -2.25. The van der Waals surface area contributed by atoms with E-state index >= 15 is 0 Å². The summed E-state index contributed by atoms with van der Waals surface area (Å²) in [4.78, 5) is 2.26. The number of rotatable bonds is 4. The maximum absolute atomic E-state index is 6.07. The Morgan fingerprint density at radius 1 is 1.18 bits per heavy atom. The monoisotopic (exact) mass is 236 g/mol. The Morgan fingerprint density at radius 2 is 1.82 bits per heavy atom. The van der Waals surface area contributed by atoms with Gasteiger partial charge in [-0.15, -0.1) is 0 Å². The maximum Gasteiger partial charge on any atom is 0.163 e. The Kier molecular flexibility index (Phi) is 3.61. The molecule has 0 amide bonds. The summed E-state index contributed by atoms with van der Waals surface area (Å²) in [6.45, 7) is 7.44. The van der Waals surface area contributed by atoms with Crippen LogP contribution in [0.4, 0.5) is 11.4 Å². The molecule has 17 heavy (non-hydrogen) atoms. The first-order valence-electron chi connectivity index (χ1n) is 6.20. The highest BCUT2D eigenvalue weighted by Gasteiger charge is 2.17. The third kappa shape index (κ3) is 2.40. The van der Waals surface area contributed by atoms with Crippen LogP contribution in [0.1, 0.15) is 20.3 Å². The summed E-state index contributed by atoms with van der Waals surface area (Å²) in [6.07, 6.45) is 1.10. The summed E-state index contributed by atoms with van der Waals surface area (Å²) < 4.78 is 11.1. The number of benzene rings is 1. The van der Waals surface area contributed by atoms with Crippen molar-refractivity contribution in [3.8, 4) is 11.5 Å². The minimum atomic E-state index is 0.595. The Bertz CT molecular complexity index is 393. The van der Waals surface area contributed by atoms with Crippen molar-refractivity contribution in [2.45, 2.75) is 20.3 Å². The highest BCUT2D eigenvalue weighted by atomic mass is 16.6. The molecule has 0 unspecified atom stereocenters. The zero-order valence-electron chi connectivity index (χ0n) is 10.5. The van der Waals surface area contributed by atoms with Gasteiger partial charge in [0.2, 0.25) is 0 Å². The van der Waals surface area contributed by atoms with Crippen LogP contribution in [0.5, 0.6) is 11.5 Å². The number of nitrogen functional groups attached to an aromatic ring is 1. The van der Waals surface area contributed by atoms with Crippen LogP contribution in [0.15, 0.2) is 12.1 Å². The van der Waals surface area contributed by atoms with Gasteiger partial charge in [-0.1, -0.05) is 6.92 Å². The van der Waals surface area contributed by atoms with Gasteiger partial charge in [-0.25, -0.2) is 0 Å². The first-order chi connectivity index (χ1) is 8.26. The first kappa shape index (κ1) is 11.9. The average Bonchev–Trinajstić information content (AvgIpc) is 2.35. The number of hydrogen-bond acceptors (Lipinski definition) is 4. The minimum absolute atomic E-state index is 0.595. The molecule has 4 nitrogen and oxygen atoms in total. The molecule has 0 radical (unpaired) electrons. The Balaban J connectivity index is 2.33. The average molecular weight is 236 g/mol. The number of nitrogens with two attached hydrogens (primary N) is 1. The molecular weight excluding hydrogens is 216 g/mol. The molecule has 1 aromatic rings. The second-order valence-electron chi connectivity index (χ2n) is 4.13. The van der Waals surface area contributed by atoms with Crippen LogP contribution in [0.25, 0.3) is 0 Å². The molecule has 2 rings (SSSR count). The van der Waals surface area contributed by atoms with Crippen molar-refractivity contribution in [1.82, 2.24) is 0 Å². The van der Waals surface area contributed by atoms with E-state index in [-0.39, 0.29) is 0 Å². The third-order valence-electron chi connectivity index (χ3n) is 2.91. The second-order valence-corrected chi connectivity index (χ2v) is 4.13. The Labute approximate surface area is 102 Å². The van der Waals surface area contributed by atoms with Crippen LogP contribution in [0.2, 0.25) is 0 Å². The van der Waals surface area contributed by atoms with Gasteiger partial charge in [0.1, 0.15) is 13.2 Å². The fourth-order valence-corrected chi connectivity index (χ4v) is 2.09. The van der Waals surface area contributed by atoms with Crippen molar-refractivity contribution in [3.05, 3.63) is 12.1 Å². The van der Waals surface area contributed by atoms with E-state index in [1.54, 1.807) is 0 Å². The third-order valence-corrected chi connectivity index (χ3v) is 2.91. The van der Waals surface area contributed by atoms with Gasteiger partial charge < -0.3 is 20.1 Å². The largest absolute Gasteiger partial charge is 0.486 e. The van der Waals surface area contributed by atoms with Gasteiger partial charge in [-0.3, -0.25) is 0 Å².